The van der Waals surface area contributed by atoms with Crippen molar-refractivity contribution in [1.82, 2.24) is 4.98 Å². The van der Waals surface area contributed by atoms with E-state index in [1.807, 2.05) is 0 Å². The van der Waals surface area contributed by atoms with Gasteiger partial charge in [0, 0.05) is 0 Å². The summed E-state index contributed by atoms with van der Waals surface area (Å²) in [6.07, 6.45) is 0. The zero-order valence-corrected chi connectivity index (χ0v) is 10.9. The zero-order chi connectivity index (χ0) is 14.6. The highest BCUT2D eigenvalue weighted by Crippen LogP contribution is 2.20. The van der Waals surface area contributed by atoms with Gasteiger partial charge in [0.05, 0.1) is 18.8 Å². The van der Waals surface area contributed by atoms with E-state index in [9.17, 15) is 14.4 Å². The Hall–Kier alpha value is -2.31. The van der Waals surface area contributed by atoms with Crippen molar-refractivity contribution in [2.45, 2.75) is 20.8 Å². The third kappa shape index (κ3) is 2.93. The Labute approximate surface area is 109 Å². The van der Waals surface area contributed by atoms with Crippen LogP contribution in [0.5, 0.6) is 0 Å². The van der Waals surface area contributed by atoms with Crippen LogP contribution in [-0.4, -0.2) is 41.2 Å². The molecule has 0 bridgehead atoms. The molecule has 1 rings (SSSR count). The first-order chi connectivity index (χ1) is 8.93. The number of carbonyl (C=O) groups excluding carboxylic acids is 2. The van der Waals surface area contributed by atoms with Crippen molar-refractivity contribution in [2.24, 2.45) is 0 Å². The molecule has 104 valence electrons. The minimum atomic E-state index is -1.35. The lowest BCUT2D eigenvalue weighted by Gasteiger charge is -2.02. The lowest BCUT2D eigenvalue weighted by molar-refractivity contribution is 0.0512. The molecule has 0 spiro atoms. The van der Waals surface area contributed by atoms with E-state index in [4.69, 9.17) is 14.6 Å². The van der Waals surface area contributed by atoms with Gasteiger partial charge in [-0.2, -0.15) is 0 Å². The SMILES string of the molecule is CCOC(=O)c1[nH]c(C(=O)O)c(C(=O)OCC)c1C. The summed E-state index contributed by atoms with van der Waals surface area (Å²) >= 11 is 0. The van der Waals surface area contributed by atoms with Gasteiger partial charge in [0.2, 0.25) is 0 Å². The number of carboxylic acids is 1. The van der Waals surface area contributed by atoms with Crippen LogP contribution in [0.1, 0.15) is 50.7 Å². The number of H-pyrrole nitrogens is 1. The average Bonchev–Trinajstić information content (AvgIpc) is 2.67. The minimum Gasteiger partial charge on any atom is -0.477 e. The van der Waals surface area contributed by atoms with Gasteiger partial charge in [-0.25, -0.2) is 14.4 Å². The Balaban J connectivity index is 3.32. The molecule has 1 heterocycles. The normalized spacial score (nSPS) is 10.1. The van der Waals surface area contributed by atoms with Crippen LogP contribution in [0.15, 0.2) is 0 Å². The zero-order valence-electron chi connectivity index (χ0n) is 10.9. The van der Waals surface area contributed by atoms with Gasteiger partial charge in [0.1, 0.15) is 11.4 Å². The van der Waals surface area contributed by atoms with Gasteiger partial charge in [-0.05, 0) is 26.3 Å². The molecule has 0 radical (unpaired) electrons. The third-order valence-electron chi connectivity index (χ3n) is 2.42. The van der Waals surface area contributed by atoms with Crippen molar-refractivity contribution in [3.05, 3.63) is 22.5 Å². The number of carbonyl (C=O) groups is 3. The lowest BCUT2D eigenvalue weighted by atomic mass is 10.1. The maximum atomic E-state index is 11.7. The van der Waals surface area contributed by atoms with E-state index >= 15 is 0 Å². The molecule has 0 aliphatic rings. The second kappa shape index (κ2) is 6.03. The molecule has 0 amide bonds. The molecule has 0 saturated heterocycles. The van der Waals surface area contributed by atoms with Crippen molar-refractivity contribution in [2.75, 3.05) is 13.2 Å². The molecule has 7 nitrogen and oxygen atoms in total. The van der Waals surface area contributed by atoms with Crippen molar-refractivity contribution in [3.63, 3.8) is 0 Å². The van der Waals surface area contributed by atoms with Crippen molar-refractivity contribution in [3.8, 4) is 0 Å². The fourth-order valence-electron chi connectivity index (χ4n) is 1.62. The van der Waals surface area contributed by atoms with Gasteiger partial charge >= 0.3 is 17.9 Å². The fraction of sp³-hybridized carbons (Fsp3) is 0.417. The fourth-order valence-corrected chi connectivity index (χ4v) is 1.62. The average molecular weight is 269 g/mol. The molecule has 0 aromatic carbocycles. The Kier molecular flexibility index (Phi) is 4.68. The molecule has 0 fully saturated rings. The topological polar surface area (TPSA) is 106 Å². The van der Waals surface area contributed by atoms with E-state index in [2.05, 4.69) is 4.98 Å². The van der Waals surface area contributed by atoms with E-state index < -0.39 is 17.9 Å². The summed E-state index contributed by atoms with van der Waals surface area (Å²) in [6.45, 7) is 4.94. The number of nitrogens with one attached hydrogen (secondary N) is 1. The second-order valence-electron chi connectivity index (χ2n) is 3.62. The van der Waals surface area contributed by atoms with Crippen LogP contribution in [0.25, 0.3) is 0 Å². The van der Waals surface area contributed by atoms with Crippen LogP contribution >= 0.6 is 0 Å². The molecular weight excluding hydrogens is 254 g/mol. The molecule has 0 unspecified atom stereocenters. The quantitative estimate of drug-likeness (QED) is 0.782. The number of esters is 2. The van der Waals surface area contributed by atoms with E-state index in [1.54, 1.807) is 13.8 Å². The maximum absolute atomic E-state index is 11.7. The molecule has 0 saturated carbocycles. The van der Waals surface area contributed by atoms with Crippen LogP contribution in [0, 0.1) is 6.92 Å². The summed E-state index contributed by atoms with van der Waals surface area (Å²) in [7, 11) is 0. The Morgan fingerprint density at radius 2 is 1.58 bits per heavy atom. The summed E-state index contributed by atoms with van der Waals surface area (Å²) in [5, 5.41) is 9.04. The van der Waals surface area contributed by atoms with Crippen molar-refractivity contribution < 1.29 is 29.0 Å². The van der Waals surface area contributed by atoms with Gasteiger partial charge in [0.15, 0.2) is 0 Å². The van der Waals surface area contributed by atoms with Crippen molar-refractivity contribution in [1.29, 1.82) is 0 Å². The molecule has 7 heteroatoms. The number of carboxylic acid groups (broad SMARTS) is 1. The number of aromatic amines is 1. The first-order valence-electron chi connectivity index (χ1n) is 5.74. The summed E-state index contributed by atoms with van der Waals surface area (Å²) in [5.41, 5.74) is -0.381. The number of hydrogen-bond acceptors (Lipinski definition) is 5. The monoisotopic (exact) mass is 269 g/mol. The molecule has 0 atom stereocenters. The number of aromatic carboxylic acids is 1. The van der Waals surface area contributed by atoms with Gasteiger partial charge in [-0.3, -0.25) is 0 Å². The van der Waals surface area contributed by atoms with Crippen LogP contribution in [-0.2, 0) is 9.47 Å². The van der Waals surface area contributed by atoms with Crippen LogP contribution in [0.2, 0.25) is 0 Å². The molecule has 1 aromatic rings. The Morgan fingerprint density at radius 3 is 2.05 bits per heavy atom. The van der Waals surface area contributed by atoms with Gasteiger partial charge in [-0.15, -0.1) is 0 Å². The van der Waals surface area contributed by atoms with Gasteiger partial charge < -0.3 is 19.6 Å². The molecular formula is C12H15NO6. The first kappa shape index (κ1) is 14.7. The molecule has 0 aliphatic carbocycles. The van der Waals surface area contributed by atoms with E-state index in [0.29, 0.717) is 0 Å². The second-order valence-corrected chi connectivity index (χ2v) is 3.62. The summed E-state index contributed by atoms with van der Waals surface area (Å²) < 4.78 is 9.56. The number of aromatic nitrogens is 1. The highest BCUT2D eigenvalue weighted by atomic mass is 16.5. The van der Waals surface area contributed by atoms with E-state index in [0.717, 1.165) is 0 Å². The third-order valence-corrected chi connectivity index (χ3v) is 2.42. The number of ether oxygens (including phenoxy) is 2. The predicted molar refractivity (Wildman–Crippen MR) is 64.4 cm³/mol. The molecule has 0 aliphatic heterocycles. The van der Waals surface area contributed by atoms with Gasteiger partial charge in [-0.1, -0.05) is 0 Å². The smallest absolute Gasteiger partial charge is 0.355 e. The van der Waals surface area contributed by atoms with E-state index in [-0.39, 0.29) is 35.7 Å². The molecule has 1 aromatic heterocycles. The van der Waals surface area contributed by atoms with E-state index in [1.165, 1.54) is 6.92 Å². The maximum Gasteiger partial charge on any atom is 0.355 e. The standard InChI is InChI=1S/C12H15NO6/c1-4-18-11(16)7-6(3)8(12(17)19-5-2)13-9(7)10(14)15/h13H,4-5H2,1-3H3,(H,14,15). The summed E-state index contributed by atoms with van der Waals surface area (Å²) in [6, 6.07) is 0. The van der Waals surface area contributed by atoms with Crippen LogP contribution in [0.3, 0.4) is 0 Å². The highest BCUT2D eigenvalue weighted by Gasteiger charge is 2.28. The Morgan fingerprint density at radius 1 is 1.05 bits per heavy atom. The highest BCUT2D eigenvalue weighted by molar-refractivity contribution is 6.06. The molecule has 2 N–H and O–H groups in total. The van der Waals surface area contributed by atoms with Crippen LogP contribution < -0.4 is 0 Å². The first-order valence-corrected chi connectivity index (χ1v) is 5.74. The van der Waals surface area contributed by atoms with Crippen molar-refractivity contribution >= 4 is 17.9 Å². The largest absolute Gasteiger partial charge is 0.477 e. The number of hydrogen-bond donors (Lipinski definition) is 2. The van der Waals surface area contributed by atoms with Gasteiger partial charge in [0.25, 0.3) is 0 Å². The number of rotatable bonds is 5. The van der Waals surface area contributed by atoms with Crippen LogP contribution in [0.4, 0.5) is 0 Å². The molecule has 19 heavy (non-hydrogen) atoms. The lowest BCUT2D eigenvalue weighted by Crippen LogP contribution is -2.11. The summed E-state index contributed by atoms with van der Waals surface area (Å²) in [5.74, 6) is -2.84. The Bertz CT molecular complexity index is 517. The minimum absolute atomic E-state index is 0.0534. The summed E-state index contributed by atoms with van der Waals surface area (Å²) in [4.78, 5) is 36.8. The predicted octanol–water partition coefficient (Wildman–Crippen LogP) is 1.37.